The molecule has 38 heavy (non-hydrogen) atoms. The molecular weight excluding hydrogens is 549 g/mol. The molecule has 3 aromatic rings. The number of hydrogen-bond acceptors (Lipinski definition) is 7. The van der Waals surface area contributed by atoms with Gasteiger partial charge < -0.3 is 15.0 Å². The Morgan fingerprint density at radius 1 is 1.16 bits per heavy atom. The van der Waals surface area contributed by atoms with Gasteiger partial charge in [0.05, 0.1) is 28.1 Å². The number of alkyl halides is 3. The molecule has 4 rings (SSSR count). The van der Waals surface area contributed by atoms with Crippen LogP contribution in [-0.2, 0) is 22.9 Å². The summed E-state index contributed by atoms with van der Waals surface area (Å²) in [6, 6.07) is 6.46. The Bertz CT molecular complexity index is 1590. The lowest BCUT2D eigenvalue weighted by Gasteiger charge is -2.20. The van der Waals surface area contributed by atoms with Crippen molar-refractivity contribution in [2.24, 2.45) is 0 Å². The predicted octanol–water partition coefficient (Wildman–Crippen LogP) is 2.88. The molecule has 2 heterocycles. The van der Waals surface area contributed by atoms with Gasteiger partial charge in [-0.25, -0.2) is 13.2 Å². The minimum atomic E-state index is -5.01. The Kier molecular flexibility index (Phi) is 7.94. The van der Waals surface area contributed by atoms with E-state index in [4.69, 9.17) is 11.6 Å². The van der Waals surface area contributed by atoms with Crippen LogP contribution in [0.2, 0.25) is 5.02 Å². The number of benzene rings is 2. The first-order chi connectivity index (χ1) is 17.8. The summed E-state index contributed by atoms with van der Waals surface area (Å²) in [4.78, 5) is 30.6. The lowest BCUT2D eigenvalue weighted by atomic mass is 10.1. The van der Waals surface area contributed by atoms with Crippen LogP contribution in [0.25, 0.3) is 10.9 Å². The highest BCUT2D eigenvalue weighted by Crippen LogP contribution is 2.31. The summed E-state index contributed by atoms with van der Waals surface area (Å²) in [5, 5.41) is 3.10. The molecule has 0 saturated carbocycles. The third kappa shape index (κ3) is 6.06. The Hall–Kier alpha value is -2.87. The normalized spacial score (nSPS) is 16.8. The standard InChI is InChI=1S/C24H26ClF3N4O5S/c1-3-38(35,36)21-5-4-16(25)8-15(21)12-32-22(33)18-10-20(37-24(26,27)28)14(9-19(18)30-23(32)34)11-31-7-6-17(13-31)29-2/h4-5,8-10,17,29H,3,6-7,11-13H2,1-2H3,(H,30,34)/t17-/m1/s1. The van der Waals surface area contributed by atoms with Crippen LogP contribution in [0.5, 0.6) is 5.75 Å². The topological polar surface area (TPSA) is 114 Å². The second-order valence-corrected chi connectivity index (χ2v) is 11.7. The van der Waals surface area contributed by atoms with Crippen molar-refractivity contribution in [2.45, 2.75) is 43.7 Å². The number of likely N-dealkylation sites (tertiary alicyclic amines) is 1. The van der Waals surface area contributed by atoms with Crippen LogP contribution in [0, 0.1) is 0 Å². The number of nitrogens with zero attached hydrogens (tertiary/aromatic N) is 2. The van der Waals surface area contributed by atoms with E-state index in [2.05, 4.69) is 15.0 Å². The van der Waals surface area contributed by atoms with E-state index in [9.17, 15) is 31.2 Å². The van der Waals surface area contributed by atoms with Gasteiger partial charge in [0.1, 0.15) is 5.75 Å². The largest absolute Gasteiger partial charge is 0.573 e. The monoisotopic (exact) mass is 574 g/mol. The number of halogens is 4. The summed E-state index contributed by atoms with van der Waals surface area (Å²) in [6.45, 7) is 2.36. The van der Waals surface area contributed by atoms with E-state index >= 15 is 0 Å². The maximum Gasteiger partial charge on any atom is 0.573 e. The highest BCUT2D eigenvalue weighted by Gasteiger charge is 2.33. The minimum absolute atomic E-state index is 0.0395. The van der Waals surface area contributed by atoms with Crippen molar-refractivity contribution in [1.29, 1.82) is 0 Å². The van der Waals surface area contributed by atoms with E-state index < -0.39 is 39.7 Å². The van der Waals surface area contributed by atoms with Crippen LogP contribution >= 0.6 is 11.6 Å². The predicted molar refractivity (Wildman–Crippen MR) is 137 cm³/mol. The van der Waals surface area contributed by atoms with Crippen molar-refractivity contribution in [3.8, 4) is 5.75 Å². The van der Waals surface area contributed by atoms with Gasteiger partial charge in [-0.2, -0.15) is 0 Å². The number of likely N-dealkylation sites (N-methyl/N-ethyl adjacent to an activating group) is 1. The molecule has 2 N–H and O–H groups in total. The molecular formula is C24H26ClF3N4O5S. The van der Waals surface area contributed by atoms with Crippen LogP contribution in [0.15, 0.2) is 44.8 Å². The number of rotatable bonds is 8. The summed E-state index contributed by atoms with van der Waals surface area (Å²) in [5.74, 6) is -0.775. The maximum atomic E-state index is 13.3. The highest BCUT2D eigenvalue weighted by atomic mass is 35.5. The second kappa shape index (κ2) is 10.7. The van der Waals surface area contributed by atoms with Gasteiger partial charge in [0, 0.05) is 36.3 Å². The van der Waals surface area contributed by atoms with E-state index in [1.807, 2.05) is 11.9 Å². The summed E-state index contributed by atoms with van der Waals surface area (Å²) in [7, 11) is -1.92. The number of aromatic nitrogens is 2. The van der Waals surface area contributed by atoms with Crippen molar-refractivity contribution in [2.75, 3.05) is 25.9 Å². The van der Waals surface area contributed by atoms with Gasteiger partial charge in [0.25, 0.3) is 5.56 Å². The summed E-state index contributed by atoms with van der Waals surface area (Å²) in [6.07, 6.45) is -4.19. The zero-order valence-corrected chi connectivity index (χ0v) is 22.1. The number of nitrogens with one attached hydrogen (secondary N) is 2. The number of aromatic amines is 1. The van der Waals surface area contributed by atoms with Gasteiger partial charge in [0.2, 0.25) is 0 Å². The summed E-state index contributed by atoms with van der Waals surface area (Å²) >= 11 is 6.04. The van der Waals surface area contributed by atoms with E-state index in [0.29, 0.717) is 13.1 Å². The van der Waals surface area contributed by atoms with Crippen LogP contribution in [-0.4, -0.2) is 61.2 Å². The molecule has 1 saturated heterocycles. The molecule has 1 aliphatic rings. The van der Waals surface area contributed by atoms with Crippen molar-refractivity contribution in [3.63, 3.8) is 0 Å². The van der Waals surface area contributed by atoms with Crippen molar-refractivity contribution < 1.29 is 26.3 Å². The maximum absolute atomic E-state index is 13.3. The minimum Gasteiger partial charge on any atom is -0.405 e. The lowest BCUT2D eigenvalue weighted by molar-refractivity contribution is -0.274. The number of fused-ring (bicyclic) bond motifs is 1. The number of sulfone groups is 1. The van der Waals surface area contributed by atoms with Crippen LogP contribution in [0.3, 0.4) is 0 Å². The molecule has 14 heteroatoms. The molecule has 206 valence electrons. The quantitative estimate of drug-likeness (QED) is 0.425. The summed E-state index contributed by atoms with van der Waals surface area (Å²) in [5.41, 5.74) is -1.46. The van der Waals surface area contributed by atoms with Gasteiger partial charge in [-0.05, 0) is 49.4 Å². The first-order valence-corrected chi connectivity index (χ1v) is 13.8. The molecule has 1 aliphatic heterocycles. The zero-order valence-electron chi connectivity index (χ0n) is 20.6. The second-order valence-electron chi connectivity index (χ2n) is 9.04. The van der Waals surface area contributed by atoms with Gasteiger partial charge in [-0.1, -0.05) is 18.5 Å². The molecule has 1 fully saturated rings. The Morgan fingerprint density at radius 3 is 2.53 bits per heavy atom. The molecule has 0 bridgehead atoms. The third-order valence-corrected chi connectivity index (χ3v) is 8.59. The number of H-pyrrole nitrogens is 1. The van der Waals surface area contributed by atoms with E-state index in [1.165, 1.54) is 31.2 Å². The fourth-order valence-corrected chi connectivity index (χ4v) is 5.87. The Balaban J connectivity index is 1.82. The van der Waals surface area contributed by atoms with E-state index in [-0.39, 0.29) is 50.3 Å². The average Bonchev–Trinajstić information content (AvgIpc) is 3.29. The lowest BCUT2D eigenvalue weighted by Crippen LogP contribution is -2.36. The van der Waals surface area contributed by atoms with Crippen molar-refractivity contribution in [1.82, 2.24) is 19.8 Å². The van der Waals surface area contributed by atoms with Gasteiger partial charge in [0.15, 0.2) is 9.84 Å². The van der Waals surface area contributed by atoms with Gasteiger partial charge >= 0.3 is 12.1 Å². The SMILES string of the molecule is CCS(=O)(=O)c1ccc(Cl)cc1Cn1c(=O)[nH]c2cc(CN3CC[C@@H](NC)C3)c(OC(F)(F)F)cc2c1=O. The molecule has 9 nitrogen and oxygen atoms in total. The molecule has 1 atom stereocenters. The average molecular weight is 575 g/mol. The molecule has 2 aromatic carbocycles. The van der Waals surface area contributed by atoms with Crippen molar-refractivity contribution in [3.05, 3.63) is 67.3 Å². The fourth-order valence-electron chi connectivity index (χ4n) is 4.57. The Labute approximate surface area is 221 Å². The van der Waals surface area contributed by atoms with E-state index in [0.717, 1.165) is 17.1 Å². The molecule has 0 aliphatic carbocycles. The third-order valence-electron chi connectivity index (χ3n) is 6.53. The van der Waals surface area contributed by atoms with Crippen molar-refractivity contribution >= 4 is 32.3 Å². The smallest absolute Gasteiger partial charge is 0.405 e. The van der Waals surface area contributed by atoms with Crippen LogP contribution in [0.1, 0.15) is 24.5 Å². The zero-order chi connectivity index (χ0) is 27.8. The van der Waals surface area contributed by atoms with E-state index in [1.54, 1.807) is 0 Å². The fraction of sp³-hybridized carbons (Fsp3) is 0.417. The van der Waals surface area contributed by atoms with Crippen LogP contribution < -0.4 is 21.3 Å². The van der Waals surface area contributed by atoms with Gasteiger partial charge in [-0.3, -0.25) is 14.3 Å². The first kappa shape index (κ1) is 28.1. The molecule has 0 unspecified atom stereocenters. The summed E-state index contributed by atoms with van der Waals surface area (Å²) < 4.78 is 69.9. The number of ether oxygens (including phenoxy) is 1. The molecule has 1 aromatic heterocycles. The van der Waals surface area contributed by atoms with Crippen LogP contribution in [0.4, 0.5) is 13.2 Å². The number of hydrogen-bond donors (Lipinski definition) is 2. The Morgan fingerprint density at radius 2 is 1.89 bits per heavy atom. The molecule has 0 radical (unpaired) electrons. The molecule has 0 spiro atoms. The van der Waals surface area contributed by atoms with Gasteiger partial charge in [-0.15, -0.1) is 13.2 Å². The molecule has 0 amide bonds. The first-order valence-electron chi connectivity index (χ1n) is 11.8. The highest BCUT2D eigenvalue weighted by molar-refractivity contribution is 7.91.